The molecule has 0 aliphatic carbocycles. The van der Waals surface area contributed by atoms with E-state index < -0.39 is 0 Å². The molecule has 0 N–H and O–H groups in total. The average Bonchev–Trinajstić information content (AvgIpc) is 2.21. The summed E-state index contributed by atoms with van der Waals surface area (Å²) in [5.41, 5.74) is 2.10. The minimum atomic E-state index is 0.989. The van der Waals surface area contributed by atoms with Gasteiger partial charge in [-0.25, -0.2) is 0 Å². The smallest absolute Gasteiger partial charge is 0.0698 e. The molecule has 1 heteroatoms. The Balaban J connectivity index is 2.92. The van der Waals surface area contributed by atoms with Gasteiger partial charge in [0.2, 0.25) is 0 Å². The fraction of sp³-hybridized carbons (Fsp3) is 0.0833. The van der Waals surface area contributed by atoms with E-state index in [4.69, 9.17) is 0 Å². The van der Waals surface area contributed by atoms with Gasteiger partial charge in [0.15, 0.2) is 0 Å². The number of aromatic nitrogens is 1. The Kier molecular flexibility index (Phi) is 3.71. The molecule has 0 bridgehead atoms. The second-order valence-electron chi connectivity index (χ2n) is 2.55. The van der Waals surface area contributed by atoms with E-state index in [1.54, 1.807) is 12.3 Å². The van der Waals surface area contributed by atoms with Crippen LogP contribution in [0.1, 0.15) is 12.6 Å². The largest absolute Gasteiger partial charge is 0.256 e. The van der Waals surface area contributed by atoms with Crippen molar-refractivity contribution in [2.24, 2.45) is 0 Å². The van der Waals surface area contributed by atoms with Crippen molar-refractivity contribution < 1.29 is 0 Å². The first-order valence-corrected chi connectivity index (χ1v) is 4.25. The first-order chi connectivity index (χ1) is 6.38. The van der Waals surface area contributed by atoms with Crippen LogP contribution < -0.4 is 0 Å². The van der Waals surface area contributed by atoms with Crippen LogP contribution in [-0.4, -0.2) is 4.98 Å². The second kappa shape index (κ2) is 5.09. The van der Waals surface area contributed by atoms with E-state index in [-0.39, 0.29) is 0 Å². The van der Waals surface area contributed by atoms with E-state index in [0.717, 1.165) is 11.3 Å². The molecule has 0 amide bonds. The highest BCUT2D eigenvalue weighted by molar-refractivity contribution is 5.71. The Hall–Kier alpha value is -1.63. The van der Waals surface area contributed by atoms with Crippen molar-refractivity contribution in [1.82, 2.24) is 4.98 Å². The van der Waals surface area contributed by atoms with E-state index >= 15 is 0 Å². The molecule has 0 unspecified atom stereocenters. The molecule has 1 nitrogen and oxygen atoms in total. The standard InChI is InChI=1S/C12H13N/c1-3-5-8-11(4-2)12-9-6-7-10-13-12/h3-10H,1H2,2H3/b8-5-,11-4+. The highest BCUT2D eigenvalue weighted by Gasteiger charge is 1.94. The first kappa shape index (κ1) is 9.46. The van der Waals surface area contributed by atoms with E-state index in [1.165, 1.54) is 0 Å². The minimum absolute atomic E-state index is 0.989. The summed E-state index contributed by atoms with van der Waals surface area (Å²) in [5, 5.41) is 0. The zero-order valence-corrected chi connectivity index (χ0v) is 7.77. The normalized spacial score (nSPS) is 11.9. The third-order valence-electron chi connectivity index (χ3n) is 1.68. The van der Waals surface area contributed by atoms with Crippen LogP contribution in [0.25, 0.3) is 5.57 Å². The molecular weight excluding hydrogens is 158 g/mol. The van der Waals surface area contributed by atoms with Crippen LogP contribution in [0.4, 0.5) is 0 Å². The van der Waals surface area contributed by atoms with Gasteiger partial charge in [-0.3, -0.25) is 4.98 Å². The highest BCUT2D eigenvalue weighted by Crippen LogP contribution is 2.11. The van der Waals surface area contributed by atoms with E-state index in [9.17, 15) is 0 Å². The maximum Gasteiger partial charge on any atom is 0.0698 e. The van der Waals surface area contributed by atoms with Crippen LogP contribution in [0.15, 0.2) is 55.3 Å². The summed E-state index contributed by atoms with van der Waals surface area (Å²) >= 11 is 0. The maximum atomic E-state index is 4.25. The summed E-state index contributed by atoms with van der Waals surface area (Å²) in [6.07, 6.45) is 9.48. The molecule has 1 rings (SSSR count). The van der Waals surface area contributed by atoms with Gasteiger partial charge >= 0.3 is 0 Å². The van der Waals surface area contributed by atoms with Crippen LogP contribution in [-0.2, 0) is 0 Å². The monoisotopic (exact) mass is 171 g/mol. The summed E-state index contributed by atoms with van der Waals surface area (Å²) in [4.78, 5) is 4.25. The van der Waals surface area contributed by atoms with Gasteiger partial charge in [0.05, 0.1) is 5.69 Å². The maximum absolute atomic E-state index is 4.25. The minimum Gasteiger partial charge on any atom is -0.256 e. The van der Waals surface area contributed by atoms with Crippen LogP contribution in [0.2, 0.25) is 0 Å². The van der Waals surface area contributed by atoms with Gasteiger partial charge in [-0.15, -0.1) is 0 Å². The van der Waals surface area contributed by atoms with Crippen molar-refractivity contribution in [2.45, 2.75) is 6.92 Å². The van der Waals surface area contributed by atoms with E-state index in [1.807, 2.05) is 43.4 Å². The Bertz CT molecular complexity index is 320. The molecule has 0 aliphatic heterocycles. The van der Waals surface area contributed by atoms with Crippen molar-refractivity contribution >= 4 is 5.57 Å². The number of pyridine rings is 1. The third-order valence-corrected chi connectivity index (χ3v) is 1.68. The first-order valence-electron chi connectivity index (χ1n) is 4.25. The third kappa shape index (κ3) is 2.71. The Morgan fingerprint density at radius 1 is 1.46 bits per heavy atom. The number of nitrogens with zero attached hydrogens (tertiary/aromatic N) is 1. The van der Waals surface area contributed by atoms with Gasteiger partial charge < -0.3 is 0 Å². The Labute approximate surface area is 79.1 Å². The average molecular weight is 171 g/mol. The van der Waals surface area contributed by atoms with E-state index in [2.05, 4.69) is 11.6 Å². The Morgan fingerprint density at radius 3 is 2.85 bits per heavy atom. The molecule has 0 saturated heterocycles. The van der Waals surface area contributed by atoms with E-state index in [0.29, 0.717) is 0 Å². The van der Waals surface area contributed by atoms with Crippen molar-refractivity contribution in [3.63, 3.8) is 0 Å². The van der Waals surface area contributed by atoms with Crippen molar-refractivity contribution in [2.75, 3.05) is 0 Å². The van der Waals surface area contributed by atoms with Crippen molar-refractivity contribution in [3.05, 3.63) is 61.0 Å². The van der Waals surface area contributed by atoms with Crippen molar-refractivity contribution in [1.29, 1.82) is 0 Å². The molecule has 1 aromatic rings. The van der Waals surface area contributed by atoms with Crippen LogP contribution >= 0.6 is 0 Å². The molecule has 0 aliphatic rings. The number of rotatable bonds is 3. The Morgan fingerprint density at radius 2 is 2.31 bits per heavy atom. The molecule has 13 heavy (non-hydrogen) atoms. The zero-order chi connectivity index (χ0) is 9.52. The lowest BCUT2D eigenvalue weighted by Crippen LogP contribution is -1.83. The molecule has 0 spiro atoms. The number of allylic oxidation sites excluding steroid dienone is 5. The van der Waals surface area contributed by atoms with Crippen LogP contribution in [0, 0.1) is 0 Å². The molecule has 0 atom stereocenters. The fourth-order valence-electron chi connectivity index (χ4n) is 1.03. The zero-order valence-electron chi connectivity index (χ0n) is 7.77. The lowest BCUT2D eigenvalue weighted by molar-refractivity contribution is 1.28. The van der Waals surface area contributed by atoms with Gasteiger partial charge in [0, 0.05) is 6.20 Å². The summed E-state index contributed by atoms with van der Waals surface area (Å²) in [6, 6.07) is 5.88. The fourth-order valence-corrected chi connectivity index (χ4v) is 1.03. The SMILES string of the molecule is C=C/C=C\C(=C/C)c1ccccn1. The van der Waals surface area contributed by atoms with Gasteiger partial charge in [0.25, 0.3) is 0 Å². The second-order valence-corrected chi connectivity index (χ2v) is 2.55. The lowest BCUT2D eigenvalue weighted by atomic mass is 10.1. The predicted molar refractivity (Wildman–Crippen MR) is 57.2 cm³/mol. The molecule has 0 saturated carbocycles. The molecule has 1 heterocycles. The molecule has 0 radical (unpaired) electrons. The molecule has 0 fully saturated rings. The van der Waals surface area contributed by atoms with Crippen LogP contribution in [0.5, 0.6) is 0 Å². The van der Waals surface area contributed by atoms with Gasteiger partial charge in [-0.05, 0) is 24.6 Å². The molecule has 0 aromatic carbocycles. The topological polar surface area (TPSA) is 12.9 Å². The van der Waals surface area contributed by atoms with Gasteiger partial charge in [0.1, 0.15) is 0 Å². The molecule has 66 valence electrons. The predicted octanol–water partition coefficient (Wildman–Crippen LogP) is 3.23. The summed E-state index contributed by atoms with van der Waals surface area (Å²) in [6.45, 7) is 5.62. The molecule has 1 aromatic heterocycles. The van der Waals surface area contributed by atoms with Crippen LogP contribution in [0.3, 0.4) is 0 Å². The lowest BCUT2D eigenvalue weighted by Gasteiger charge is -1.98. The van der Waals surface area contributed by atoms with Gasteiger partial charge in [-0.1, -0.05) is 36.9 Å². The highest BCUT2D eigenvalue weighted by atomic mass is 14.7. The van der Waals surface area contributed by atoms with Crippen molar-refractivity contribution in [3.8, 4) is 0 Å². The summed E-state index contributed by atoms with van der Waals surface area (Å²) in [5.74, 6) is 0. The number of hydrogen-bond donors (Lipinski definition) is 0. The quantitative estimate of drug-likeness (QED) is 0.636. The van der Waals surface area contributed by atoms with Gasteiger partial charge in [-0.2, -0.15) is 0 Å². The summed E-state index contributed by atoms with van der Waals surface area (Å²) in [7, 11) is 0. The summed E-state index contributed by atoms with van der Waals surface area (Å²) < 4.78 is 0. The number of hydrogen-bond acceptors (Lipinski definition) is 1. The molecular formula is C12H13N.